The quantitative estimate of drug-likeness (QED) is 0.717. The third kappa shape index (κ3) is 2.48. The lowest BCUT2D eigenvalue weighted by Crippen LogP contribution is -1.96. The maximum atomic E-state index is 13.2. The van der Waals surface area contributed by atoms with Gasteiger partial charge in [-0.25, -0.2) is 14.4 Å². The van der Waals surface area contributed by atoms with Crippen LogP contribution in [-0.2, 0) is 0 Å². The van der Waals surface area contributed by atoms with Crippen molar-refractivity contribution >= 4 is 33.9 Å². The number of fused-ring (bicyclic) bond motifs is 1. The molecule has 7 heteroatoms. The molecule has 0 saturated heterocycles. The number of nitrogens with one attached hydrogen (secondary N) is 1. The molecule has 0 unspecified atom stereocenters. The molecular formula is C15H11ClFN3O2. The van der Waals surface area contributed by atoms with Crippen LogP contribution in [0, 0.1) is 5.82 Å². The van der Waals surface area contributed by atoms with Gasteiger partial charge in [0.15, 0.2) is 11.5 Å². The molecule has 0 atom stereocenters. The van der Waals surface area contributed by atoms with Crippen LogP contribution in [0.5, 0.6) is 11.5 Å². The van der Waals surface area contributed by atoms with Crippen molar-refractivity contribution in [2.24, 2.45) is 0 Å². The number of phenolic OH excluding ortho intramolecular Hbond substituents is 1. The number of rotatable bonds is 3. The van der Waals surface area contributed by atoms with E-state index in [0.717, 1.165) is 0 Å². The molecule has 3 rings (SSSR count). The molecule has 0 aliphatic rings. The summed E-state index contributed by atoms with van der Waals surface area (Å²) in [6.45, 7) is 0. The van der Waals surface area contributed by atoms with E-state index in [1.165, 1.54) is 31.6 Å². The van der Waals surface area contributed by atoms with Gasteiger partial charge in [-0.05, 0) is 18.2 Å². The average Bonchev–Trinajstić information content (AvgIpc) is 2.53. The van der Waals surface area contributed by atoms with E-state index in [1.54, 1.807) is 12.3 Å². The molecule has 2 aromatic carbocycles. The molecule has 1 heterocycles. The predicted octanol–water partition coefficient (Wildman–Crippen LogP) is 3.88. The van der Waals surface area contributed by atoms with Crippen molar-refractivity contribution in [2.45, 2.75) is 0 Å². The first-order valence-corrected chi connectivity index (χ1v) is 6.69. The predicted molar refractivity (Wildman–Crippen MR) is 82.4 cm³/mol. The van der Waals surface area contributed by atoms with Crippen molar-refractivity contribution < 1.29 is 14.2 Å². The first kappa shape index (κ1) is 14.3. The van der Waals surface area contributed by atoms with Gasteiger partial charge >= 0.3 is 0 Å². The van der Waals surface area contributed by atoms with Crippen LogP contribution in [-0.4, -0.2) is 22.2 Å². The van der Waals surface area contributed by atoms with E-state index in [-0.39, 0.29) is 16.5 Å². The SMILES string of the molecule is COc1cc2ncncc2c(Nc2ccc(F)c(Cl)c2)c1O. The summed E-state index contributed by atoms with van der Waals surface area (Å²) in [5.74, 6) is -0.345. The summed E-state index contributed by atoms with van der Waals surface area (Å²) in [5, 5.41) is 13.9. The second kappa shape index (κ2) is 5.65. The van der Waals surface area contributed by atoms with Crippen molar-refractivity contribution in [3.8, 4) is 11.5 Å². The molecule has 0 radical (unpaired) electrons. The molecular weight excluding hydrogens is 309 g/mol. The number of hydrogen-bond donors (Lipinski definition) is 2. The Kier molecular flexibility index (Phi) is 3.68. The number of aromatic hydroxyl groups is 1. The topological polar surface area (TPSA) is 67.3 Å². The van der Waals surface area contributed by atoms with Gasteiger partial charge in [0.05, 0.1) is 23.3 Å². The van der Waals surface area contributed by atoms with Crippen LogP contribution in [0.1, 0.15) is 0 Å². The van der Waals surface area contributed by atoms with E-state index in [9.17, 15) is 9.50 Å². The maximum absolute atomic E-state index is 13.2. The summed E-state index contributed by atoms with van der Waals surface area (Å²) < 4.78 is 18.4. The third-order valence-corrected chi connectivity index (χ3v) is 3.45. The fourth-order valence-corrected chi connectivity index (χ4v) is 2.27. The van der Waals surface area contributed by atoms with E-state index in [1.807, 2.05) is 0 Å². The zero-order valence-corrected chi connectivity index (χ0v) is 12.2. The monoisotopic (exact) mass is 319 g/mol. The Labute approximate surface area is 130 Å². The summed E-state index contributed by atoms with van der Waals surface area (Å²) in [6, 6.07) is 5.77. The minimum Gasteiger partial charge on any atom is -0.503 e. The Balaban J connectivity index is 2.16. The molecule has 0 fully saturated rings. The number of anilines is 2. The number of aromatic nitrogens is 2. The number of hydrogen-bond acceptors (Lipinski definition) is 5. The summed E-state index contributed by atoms with van der Waals surface area (Å²) in [4.78, 5) is 8.09. The van der Waals surface area contributed by atoms with Crippen LogP contribution in [0.25, 0.3) is 10.9 Å². The second-order valence-corrected chi connectivity index (χ2v) is 4.92. The van der Waals surface area contributed by atoms with Gasteiger partial charge in [0.2, 0.25) is 0 Å². The number of methoxy groups -OCH3 is 1. The van der Waals surface area contributed by atoms with Gasteiger partial charge in [-0.3, -0.25) is 0 Å². The van der Waals surface area contributed by atoms with Crippen molar-refractivity contribution in [2.75, 3.05) is 12.4 Å². The number of halogens is 2. The van der Waals surface area contributed by atoms with Crippen molar-refractivity contribution in [1.29, 1.82) is 0 Å². The summed E-state index contributed by atoms with van der Waals surface area (Å²) in [7, 11) is 1.45. The first-order valence-electron chi connectivity index (χ1n) is 6.32. The minimum atomic E-state index is -0.518. The Morgan fingerprint density at radius 1 is 1.32 bits per heavy atom. The van der Waals surface area contributed by atoms with Gasteiger partial charge in [-0.1, -0.05) is 11.6 Å². The second-order valence-electron chi connectivity index (χ2n) is 4.51. The lowest BCUT2D eigenvalue weighted by atomic mass is 10.1. The Morgan fingerprint density at radius 2 is 2.14 bits per heavy atom. The smallest absolute Gasteiger partial charge is 0.182 e. The van der Waals surface area contributed by atoms with Gasteiger partial charge in [0, 0.05) is 23.3 Å². The average molecular weight is 320 g/mol. The van der Waals surface area contributed by atoms with Gasteiger partial charge in [-0.2, -0.15) is 0 Å². The molecule has 5 nitrogen and oxygen atoms in total. The molecule has 1 aromatic heterocycles. The highest BCUT2D eigenvalue weighted by Crippen LogP contribution is 2.41. The minimum absolute atomic E-state index is 0.0204. The Bertz CT molecular complexity index is 858. The Hall–Kier alpha value is -2.60. The van der Waals surface area contributed by atoms with Gasteiger partial charge in [0.1, 0.15) is 12.1 Å². The summed E-state index contributed by atoms with van der Waals surface area (Å²) >= 11 is 5.77. The number of ether oxygens (including phenoxy) is 1. The molecule has 0 aliphatic heterocycles. The zero-order chi connectivity index (χ0) is 15.7. The van der Waals surface area contributed by atoms with Gasteiger partial charge in [-0.15, -0.1) is 0 Å². The van der Waals surface area contributed by atoms with Crippen molar-refractivity contribution in [3.63, 3.8) is 0 Å². The fraction of sp³-hybridized carbons (Fsp3) is 0.0667. The van der Waals surface area contributed by atoms with Gasteiger partial charge < -0.3 is 15.2 Å². The van der Waals surface area contributed by atoms with Crippen LogP contribution in [0.3, 0.4) is 0 Å². The number of nitrogens with zero attached hydrogens (tertiary/aromatic N) is 2. The molecule has 2 N–H and O–H groups in total. The highest BCUT2D eigenvalue weighted by atomic mass is 35.5. The lowest BCUT2D eigenvalue weighted by Gasteiger charge is -2.14. The van der Waals surface area contributed by atoms with Crippen molar-refractivity contribution in [3.05, 3.63) is 47.6 Å². The van der Waals surface area contributed by atoms with E-state index >= 15 is 0 Å². The molecule has 0 amide bonds. The van der Waals surface area contributed by atoms with E-state index in [2.05, 4.69) is 15.3 Å². The molecule has 0 saturated carbocycles. The van der Waals surface area contributed by atoms with Gasteiger partial charge in [0.25, 0.3) is 0 Å². The summed E-state index contributed by atoms with van der Waals surface area (Å²) in [5.41, 5.74) is 1.47. The third-order valence-electron chi connectivity index (χ3n) is 3.16. The largest absolute Gasteiger partial charge is 0.503 e. The summed E-state index contributed by atoms with van der Waals surface area (Å²) in [6.07, 6.45) is 2.96. The standard InChI is InChI=1S/C15H11ClFN3O2/c1-22-13-5-12-9(6-18-7-19-12)14(15(13)21)20-8-2-3-11(17)10(16)4-8/h2-7,20-21H,1H3. The molecule has 0 bridgehead atoms. The number of benzene rings is 2. The molecule has 0 spiro atoms. The van der Waals surface area contributed by atoms with Crippen molar-refractivity contribution in [1.82, 2.24) is 9.97 Å². The normalized spacial score (nSPS) is 10.7. The first-order chi connectivity index (χ1) is 10.6. The van der Waals surface area contributed by atoms with Crippen LogP contribution in [0.2, 0.25) is 5.02 Å². The molecule has 22 heavy (non-hydrogen) atoms. The lowest BCUT2D eigenvalue weighted by molar-refractivity contribution is 0.375. The van der Waals surface area contributed by atoms with Crippen LogP contribution < -0.4 is 10.1 Å². The molecule has 0 aliphatic carbocycles. The van der Waals surface area contributed by atoms with Crippen LogP contribution in [0.4, 0.5) is 15.8 Å². The highest BCUT2D eigenvalue weighted by molar-refractivity contribution is 6.31. The number of phenols is 1. The van der Waals surface area contributed by atoms with E-state index in [4.69, 9.17) is 16.3 Å². The maximum Gasteiger partial charge on any atom is 0.182 e. The Morgan fingerprint density at radius 3 is 2.86 bits per heavy atom. The van der Waals surface area contributed by atoms with E-state index in [0.29, 0.717) is 22.3 Å². The molecule has 3 aromatic rings. The van der Waals surface area contributed by atoms with Crippen LogP contribution >= 0.6 is 11.6 Å². The molecule has 112 valence electrons. The highest BCUT2D eigenvalue weighted by Gasteiger charge is 2.15. The van der Waals surface area contributed by atoms with E-state index < -0.39 is 5.82 Å². The van der Waals surface area contributed by atoms with Crippen LogP contribution in [0.15, 0.2) is 36.8 Å². The zero-order valence-electron chi connectivity index (χ0n) is 11.5. The fourth-order valence-electron chi connectivity index (χ4n) is 2.09.